The second-order valence-corrected chi connectivity index (χ2v) is 9.92. The molecule has 0 radical (unpaired) electrons. The Morgan fingerprint density at radius 1 is 1.15 bits per heavy atom. The highest BCUT2D eigenvalue weighted by Crippen LogP contribution is 2.27. The first-order valence-electron chi connectivity index (χ1n) is 8.94. The lowest BCUT2D eigenvalue weighted by Crippen LogP contribution is -2.22. The van der Waals surface area contributed by atoms with Crippen LogP contribution in [0.2, 0.25) is 0 Å². The van der Waals surface area contributed by atoms with Crippen LogP contribution in [0.15, 0.2) is 52.3 Å². The van der Waals surface area contributed by atoms with Crippen LogP contribution < -0.4 is 0 Å². The second kappa shape index (κ2) is 8.04. The molecule has 0 fully saturated rings. The van der Waals surface area contributed by atoms with E-state index in [9.17, 15) is 8.42 Å². The van der Waals surface area contributed by atoms with Crippen LogP contribution in [0.5, 0.6) is 0 Å². The van der Waals surface area contributed by atoms with E-state index >= 15 is 0 Å². The van der Waals surface area contributed by atoms with Gasteiger partial charge in [-0.25, -0.2) is 17.7 Å². The van der Waals surface area contributed by atoms with E-state index in [1.54, 1.807) is 38.0 Å². The fourth-order valence-electron chi connectivity index (χ4n) is 2.97. The molecular weight excluding hydrogens is 378 g/mol. The van der Waals surface area contributed by atoms with Crippen molar-refractivity contribution in [3.63, 3.8) is 0 Å². The van der Waals surface area contributed by atoms with Crippen molar-refractivity contribution in [3.05, 3.63) is 53.9 Å². The predicted octanol–water partition coefficient (Wildman–Crippen LogP) is 4.30. The van der Waals surface area contributed by atoms with Crippen molar-refractivity contribution < 1.29 is 8.42 Å². The monoisotopic (exact) mass is 403 g/mol. The van der Waals surface area contributed by atoms with E-state index in [0.717, 1.165) is 35.6 Å². The molecule has 0 aliphatic heterocycles. The number of rotatable bonds is 7. The number of hydrogen-bond acceptors (Lipinski definition) is 4. The number of aryl methyl sites for hydroxylation is 2. The van der Waals surface area contributed by atoms with Gasteiger partial charge in [0.25, 0.3) is 0 Å². The zero-order valence-corrected chi connectivity index (χ0v) is 17.8. The van der Waals surface area contributed by atoms with Gasteiger partial charge in [0.05, 0.1) is 21.7 Å². The van der Waals surface area contributed by atoms with E-state index in [4.69, 9.17) is 4.98 Å². The van der Waals surface area contributed by atoms with Crippen molar-refractivity contribution in [1.82, 2.24) is 13.9 Å². The van der Waals surface area contributed by atoms with Gasteiger partial charge in [0.1, 0.15) is 5.82 Å². The van der Waals surface area contributed by atoms with Gasteiger partial charge in [0.15, 0.2) is 0 Å². The number of sulfonamides is 1. The molecule has 144 valence electrons. The summed E-state index contributed by atoms with van der Waals surface area (Å²) in [5, 5.41) is 0. The van der Waals surface area contributed by atoms with E-state index < -0.39 is 10.0 Å². The summed E-state index contributed by atoms with van der Waals surface area (Å²) in [5.74, 6) is 1.71. The Morgan fingerprint density at radius 3 is 2.59 bits per heavy atom. The van der Waals surface area contributed by atoms with Crippen LogP contribution >= 0.6 is 11.8 Å². The summed E-state index contributed by atoms with van der Waals surface area (Å²) >= 11 is 1.75. The van der Waals surface area contributed by atoms with E-state index in [2.05, 4.69) is 42.7 Å². The lowest BCUT2D eigenvalue weighted by atomic mass is 10.2. The predicted molar refractivity (Wildman–Crippen MR) is 112 cm³/mol. The molecule has 0 aliphatic rings. The van der Waals surface area contributed by atoms with Gasteiger partial charge in [-0.3, -0.25) is 0 Å². The summed E-state index contributed by atoms with van der Waals surface area (Å²) in [6.07, 6.45) is 0.991. The van der Waals surface area contributed by atoms with Crippen molar-refractivity contribution in [2.24, 2.45) is 0 Å². The fraction of sp³-hybridized carbons (Fsp3) is 0.350. The lowest BCUT2D eigenvalue weighted by molar-refractivity contribution is 0.521. The quantitative estimate of drug-likeness (QED) is 0.552. The smallest absolute Gasteiger partial charge is 0.242 e. The van der Waals surface area contributed by atoms with Crippen molar-refractivity contribution in [3.8, 4) is 0 Å². The molecule has 0 amide bonds. The zero-order chi connectivity index (χ0) is 19.6. The molecule has 3 aromatic rings. The van der Waals surface area contributed by atoms with Gasteiger partial charge < -0.3 is 4.57 Å². The Kier molecular flexibility index (Phi) is 5.93. The van der Waals surface area contributed by atoms with Crippen LogP contribution in [0, 0.1) is 6.92 Å². The van der Waals surface area contributed by atoms with Gasteiger partial charge in [-0.2, -0.15) is 0 Å². The van der Waals surface area contributed by atoms with Crippen LogP contribution in [0.25, 0.3) is 11.0 Å². The fourth-order valence-corrected chi connectivity index (χ4v) is 4.85. The molecule has 5 nitrogen and oxygen atoms in total. The van der Waals surface area contributed by atoms with Gasteiger partial charge in [0.2, 0.25) is 10.0 Å². The second-order valence-electron chi connectivity index (χ2n) is 6.72. The van der Waals surface area contributed by atoms with Gasteiger partial charge in [-0.1, -0.05) is 24.6 Å². The molecular formula is C20H25N3O2S2. The third kappa shape index (κ3) is 4.20. The first-order chi connectivity index (χ1) is 12.8. The highest BCUT2D eigenvalue weighted by atomic mass is 32.2. The number of aromatic nitrogens is 2. The van der Waals surface area contributed by atoms with Crippen LogP contribution in [-0.2, 0) is 22.3 Å². The standard InChI is InChI=1S/C20H25N3O2S2/c1-5-11-23-19-10-9-17(27(24,25)22(3)4)13-18(19)21-20(23)14-26-16-8-6-7-15(2)12-16/h6-10,12-13H,5,11,14H2,1-4H3. The summed E-state index contributed by atoms with van der Waals surface area (Å²) < 4.78 is 28.3. The van der Waals surface area contributed by atoms with E-state index in [-0.39, 0.29) is 4.90 Å². The minimum Gasteiger partial charge on any atom is -0.327 e. The molecule has 0 saturated carbocycles. The van der Waals surface area contributed by atoms with Crippen molar-refractivity contribution in [2.75, 3.05) is 14.1 Å². The van der Waals surface area contributed by atoms with Crippen LogP contribution in [0.4, 0.5) is 0 Å². The highest BCUT2D eigenvalue weighted by Gasteiger charge is 2.19. The normalized spacial score (nSPS) is 12.2. The number of benzene rings is 2. The molecule has 0 N–H and O–H groups in total. The third-order valence-electron chi connectivity index (χ3n) is 4.38. The number of fused-ring (bicyclic) bond motifs is 1. The summed E-state index contributed by atoms with van der Waals surface area (Å²) in [5.41, 5.74) is 2.95. The Hall–Kier alpha value is -1.83. The van der Waals surface area contributed by atoms with Gasteiger partial charge in [-0.05, 0) is 43.7 Å². The number of hydrogen-bond donors (Lipinski definition) is 0. The zero-order valence-electron chi connectivity index (χ0n) is 16.1. The highest BCUT2D eigenvalue weighted by molar-refractivity contribution is 7.98. The first kappa shape index (κ1) is 19.9. The SMILES string of the molecule is CCCn1c(CSc2cccc(C)c2)nc2cc(S(=O)(=O)N(C)C)ccc21. The molecule has 3 rings (SSSR count). The largest absolute Gasteiger partial charge is 0.327 e. The van der Waals surface area contributed by atoms with E-state index in [1.807, 2.05) is 6.07 Å². The molecule has 2 aromatic carbocycles. The van der Waals surface area contributed by atoms with Gasteiger partial charge in [-0.15, -0.1) is 11.8 Å². The van der Waals surface area contributed by atoms with E-state index in [1.165, 1.54) is 14.8 Å². The van der Waals surface area contributed by atoms with Crippen LogP contribution in [-0.4, -0.2) is 36.4 Å². The maximum Gasteiger partial charge on any atom is 0.242 e. The Labute approximate surface area is 165 Å². The Balaban J connectivity index is 1.97. The summed E-state index contributed by atoms with van der Waals surface area (Å²) in [6, 6.07) is 13.6. The summed E-state index contributed by atoms with van der Waals surface area (Å²) in [6.45, 7) is 5.08. The average Bonchev–Trinajstić information content (AvgIpc) is 2.97. The topological polar surface area (TPSA) is 55.2 Å². The molecule has 27 heavy (non-hydrogen) atoms. The maximum absolute atomic E-state index is 12.4. The molecule has 1 heterocycles. The molecule has 0 bridgehead atoms. The maximum atomic E-state index is 12.4. The summed E-state index contributed by atoms with van der Waals surface area (Å²) in [4.78, 5) is 6.25. The Bertz CT molecular complexity index is 1060. The van der Waals surface area contributed by atoms with Gasteiger partial charge in [0, 0.05) is 25.5 Å². The van der Waals surface area contributed by atoms with Crippen molar-refractivity contribution >= 4 is 32.8 Å². The van der Waals surface area contributed by atoms with Gasteiger partial charge >= 0.3 is 0 Å². The molecule has 0 saturated heterocycles. The average molecular weight is 404 g/mol. The van der Waals surface area contributed by atoms with Crippen molar-refractivity contribution in [1.29, 1.82) is 0 Å². The lowest BCUT2D eigenvalue weighted by Gasteiger charge is -2.11. The third-order valence-corrected chi connectivity index (χ3v) is 7.18. The Morgan fingerprint density at radius 2 is 1.93 bits per heavy atom. The minimum atomic E-state index is -3.47. The van der Waals surface area contributed by atoms with Crippen LogP contribution in [0.1, 0.15) is 24.7 Å². The first-order valence-corrected chi connectivity index (χ1v) is 11.4. The minimum absolute atomic E-state index is 0.277. The van der Waals surface area contributed by atoms with E-state index in [0.29, 0.717) is 0 Å². The van der Waals surface area contributed by atoms with Crippen molar-refractivity contribution in [2.45, 2.75) is 42.4 Å². The molecule has 0 aliphatic carbocycles. The number of imidazole rings is 1. The summed E-state index contributed by atoms with van der Waals surface area (Å²) in [7, 11) is -0.384. The van der Waals surface area contributed by atoms with Crippen LogP contribution in [0.3, 0.4) is 0 Å². The molecule has 0 atom stereocenters. The number of nitrogens with zero attached hydrogens (tertiary/aromatic N) is 3. The number of thioether (sulfide) groups is 1. The molecule has 0 spiro atoms. The molecule has 1 aromatic heterocycles. The molecule has 0 unspecified atom stereocenters. The molecule has 7 heteroatoms.